The van der Waals surface area contributed by atoms with Gasteiger partial charge in [0, 0.05) is 6.61 Å². The molecule has 0 amide bonds. The van der Waals surface area contributed by atoms with Crippen LogP contribution in [0.5, 0.6) is 0 Å². The van der Waals surface area contributed by atoms with Crippen LogP contribution in [0, 0.1) is 12.8 Å². The first-order valence-electron chi connectivity index (χ1n) is 5.99. The fourth-order valence-electron chi connectivity index (χ4n) is 1.55. The number of hydrogen-bond acceptors (Lipinski definition) is 4. The number of anilines is 1. The van der Waals surface area contributed by atoms with E-state index in [0.29, 0.717) is 18.2 Å². The Balaban J connectivity index is 2.69. The van der Waals surface area contributed by atoms with Gasteiger partial charge in [-0.2, -0.15) is 0 Å². The molecule has 0 fully saturated rings. The summed E-state index contributed by atoms with van der Waals surface area (Å²) in [7, 11) is -3.36. The molecule has 0 heterocycles. The minimum absolute atomic E-state index is 0.0347. The Hall–Kier alpha value is -1.07. The normalized spacial score (nSPS) is 12.0. The molecule has 2 N–H and O–H groups in total. The minimum atomic E-state index is -3.36. The van der Waals surface area contributed by atoms with E-state index in [0.717, 1.165) is 5.56 Å². The van der Waals surface area contributed by atoms with Crippen LogP contribution in [0.2, 0.25) is 0 Å². The number of aryl methyl sites for hydroxylation is 1. The number of nitrogen functional groups attached to an aromatic ring is 1. The summed E-state index contributed by atoms with van der Waals surface area (Å²) in [5.74, 6) is 0.365. The summed E-state index contributed by atoms with van der Waals surface area (Å²) in [5, 5.41) is 0. The number of ether oxygens (including phenoxy) is 1. The van der Waals surface area contributed by atoms with E-state index < -0.39 is 9.84 Å². The Morgan fingerprint density at radius 3 is 2.56 bits per heavy atom. The van der Waals surface area contributed by atoms with Gasteiger partial charge in [0.25, 0.3) is 0 Å². The van der Waals surface area contributed by atoms with Crippen molar-refractivity contribution in [2.45, 2.75) is 25.7 Å². The molecule has 4 nitrogen and oxygen atoms in total. The lowest BCUT2D eigenvalue weighted by Gasteiger charge is -2.09. The molecular formula is C13H21NO3S. The molecule has 0 spiro atoms. The zero-order valence-corrected chi connectivity index (χ0v) is 12.0. The molecule has 0 aliphatic heterocycles. The Bertz CT molecular complexity index is 495. The third-order valence-electron chi connectivity index (χ3n) is 2.45. The number of rotatable bonds is 6. The van der Waals surface area contributed by atoms with Crippen molar-refractivity contribution in [3.05, 3.63) is 23.8 Å². The molecule has 0 saturated carbocycles. The fraction of sp³-hybridized carbons (Fsp3) is 0.538. The fourth-order valence-corrected chi connectivity index (χ4v) is 2.80. The van der Waals surface area contributed by atoms with E-state index >= 15 is 0 Å². The highest BCUT2D eigenvalue weighted by molar-refractivity contribution is 7.91. The van der Waals surface area contributed by atoms with Gasteiger partial charge in [-0.05, 0) is 30.5 Å². The molecule has 0 radical (unpaired) electrons. The predicted octanol–water partition coefficient (Wildman–Crippen LogP) is 2.02. The summed E-state index contributed by atoms with van der Waals surface area (Å²) in [4.78, 5) is 0.196. The summed E-state index contributed by atoms with van der Waals surface area (Å²) < 4.78 is 29.4. The molecule has 1 aromatic carbocycles. The maximum absolute atomic E-state index is 12.0. The Kier molecular flexibility index (Phi) is 5.16. The third-order valence-corrected chi connectivity index (χ3v) is 4.19. The lowest BCUT2D eigenvalue weighted by molar-refractivity contribution is 0.123. The monoisotopic (exact) mass is 271 g/mol. The zero-order chi connectivity index (χ0) is 13.8. The predicted molar refractivity (Wildman–Crippen MR) is 73.3 cm³/mol. The molecule has 1 aromatic rings. The SMILES string of the molecule is Cc1ccc(S(=O)(=O)CCOCC(C)C)c(N)c1. The molecule has 0 aliphatic rings. The van der Waals surface area contributed by atoms with Gasteiger partial charge < -0.3 is 10.5 Å². The van der Waals surface area contributed by atoms with Crippen LogP contribution >= 0.6 is 0 Å². The van der Waals surface area contributed by atoms with Crippen LogP contribution in [0.4, 0.5) is 5.69 Å². The van der Waals surface area contributed by atoms with Crippen molar-refractivity contribution in [1.29, 1.82) is 0 Å². The van der Waals surface area contributed by atoms with Gasteiger partial charge in [0.1, 0.15) is 0 Å². The van der Waals surface area contributed by atoms with Crippen LogP contribution in [0.1, 0.15) is 19.4 Å². The lowest BCUT2D eigenvalue weighted by atomic mass is 10.2. The highest BCUT2D eigenvalue weighted by Gasteiger charge is 2.17. The Morgan fingerprint density at radius 2 is 2.00 bits per heavy atom. The summed E-state index contributed by atoms with van der Waals surface area (Å²) >= 11 is 0. The first-order valence-corrected chi connectivity index (χ1v) is 7.65. The standard InChI is InChI=1S/C13H21NO3S/c1-10(2)9-17-6-7-18(15,16)13-5-4-11(3)8-12(13)14/h4-5,8,10H,6-7,9,14H2,1-3H3. The highest BCUT2D eigenvalue weighted by atomic mass is 32.2. The molecule has 0 aromatic heterocycles. The highest BCUT2D eigenvalue weighted by Crippen LogP contribution is 2.20. The van der Waals surface area contributed by atoms with E-state index in [1.807, 2.05) is 20.8 Å². The van der Waals surface area contributed by atoms with Crippen LogP contribution < -0.4 is 5.73 Å². The molecule has 18 heavy (non-hydrogen) atoms. The number of nitrogens with two attached hydrogens (primary N) is 1. The summed E-state index contributed by atoms with van der Waals surface area (Å²) in [6.07, 6.45) is 0. The van der Waals surface area contributed by atoms with Gasteiger partial charge in [-0.15, -0.1) is 0 Å². The average Bonchev–Trinajstić information content (AvgIpc) is 2.23. The van der Waals surface area contributed by atoms with Gasteiger partial charge in [0.05, 0.1) is 22.9 Å². The summed E-state index contributed by atoms with van der Waals surface area (Å²) in [6.45, 7) is 6.68. The smallest absolute Gasteiger partial charge is 0.182 e. The second kappa shape index (κ2) is 6.20. The van der Waals surface area contributed by atoms with Gasteiger partial charge >= 0.3 is 0 Å². The molecule has 5 heteroatoms. The lowest BCUT2D eigenvalue weighted by Crippen LogP contribution is -2.15. The summed E-state index contributed by atoms with van der Waals surface area (Å²) in [5.41, 5.74) is 6.99. The first-order chi connectivity index (χ1) is 8.33. The van der Waals surface area contributed by atoms with Crippen molar-refractivity contribution >= 4 is 15.5 Å². The zero-order valence-electron chi connectivity index (χ0n) is 11.1. The van der Waals surface area contributed by atoms with E-state index in [4.69, 9.17) is 10.5 Å². The Morgan fingerprint density at radius 1 is 1.33 bits per heavy atom. The molecular weight excluding hydrogens is 250 g/mol. The Labute approximate surface area is 109 Å². The van der Waals surface area contributed by atoms with Gasteiger partial charge in [-0.25, -0.2) is 8.42 Å². The van der Waals surface area contributed by atoms with E-state index in [1.165, 1.54) is 0 Å². The van der Waals surface area contributed by atoms with Crippen molar-refractivity contribution < 1.29 is 13.2 Å². The van der Waals surface area contributed by atoms with E-state index in [2.05, 4.69) is 0 Å². The van der Waals surface area contributed by atoms with Gasteiger partial charge in [0.2, 0.25) is 0 Å². The van der Waals surface area contributed by atoms with Gasteiger partial charge in [-0.1, -0.05) is 19.9 Å². The molecule has 0 bridgehead atoms. The molecule has 0 saturated heterocycles. The van der Waals surface area contributed by atoms with Crippen LogP contribution in [-0.2, 0) is 14.6 Å². The topological polar surface area (TPSA) is 69.4 Å². The molecule has 0 aliphatic carbocycles. The van der Waals surface area contributed by atoms with Crippen molar-refractivity contribution in [1.82, 2.24) is 0 Å². The maximum Gasteiger partial charge on any atom is 0.182 e. The van der Waals surface area contributed by atoms with Crippen LogP contribution in [0.15, 0.2) is 23.1 Å². The molecule has 102 valence electrons. The van der Waals surface area contributed by atoms with Crippen molar-refractivity contribution in [2.75, 3.05) is 24.7 Å². The summed E-state index contributed by atoms with van der Waals surface area (Å²) in [6, 6.07) is 4.97. The largest absolute Gasteiger partial charge is 0.398 e. The van der Waals surface area contributed by atoms with Gasteiger partial charge in [-0.3, -0.25) is 0 Å². The molecule has 0 atom stereocenters. The average molecular weight is 271 g/mol. The van der Waals surface area contributed by atoms with Crippen LogP contribution in [0.3, 0.4) is 0 Å². The number of sulfone groups is 1. The third kappa shape index (κ3) is 4.31. The van der Waals surface area contributed by atoms with Crippen LogP contribution in [-0.4, -0.2) is 27.4 Å². The minimum Gasteiger partial charge on any atom is -0.398 e. The molecule has 1 rings (SSSR count). The van der Waals surface area contributed by atoms with E-state index in [9.17, 15) is 8.42 Å². The quantitative estimate of drug-likeness (QED) is 0.635. The maximum atomic E-state index is 12.0. The molecule has 0 unspecified atom stereocenters. The van der Waals surface area contributed by atoms with E-state index in [-0.39, 0.29) is 17.3 Å². The van der Waals surface area contributed by atoms with Crippen molar-refractivity contribution in [2.24, 2.45) is 5.92 Å². The van der Waals surface area contributed by atoms with Crippen LogP contribution in [0.25, 0.3) is 0 Å². The second-order valence-corrected chi connectivity index (χ2v) is 6.91. The van der Waals surface area contributed by atoms with E-state index in [1.54, 1.807) is 18.2 Å². The van der Waals surface area contributed by atoms with Gasteiger partial charge in [0.15, 0.2) is 9.84 Å². The number of hydrogen-bond donors (Lipinski definition) is 1. The second-order valence-electron chi connectivity index (χ2n) is 4.83. The van der Waals surface area contributed by atoms with Crippen molar-refractivity contribution in [3.8, 4) is 0 Å². The number of benzene rings is 1. The first kappa shape index (κ1) is 15.0. The van der Waals surface area contributed by atoms with Crippen molar-refractivity contribution in [3.63, 3.8) is 0 Å².